The predicted octanol–water partition coefficient (Wildman–Crippen LogP) is -2.28. The van der Waals surface area contributed by atoms with E-state index in [9.17, 15) is 19.5 Å². The van der Waals surface area contributed by atoms with Crippen LogP contribution >= 0.6 is 11.8 Å². The van der Waals surface area contributed by atoms with E-state index in [1.54, 1.807) is 12.1 Å². The number of hydrogen-bond donors (Lipinski definition) is 3. The van der Waals surface area contributed by atoms with Crippen LogP contribution in [0.2, 0.25) is 0 Å². The minimum atomic E-state index is -1.24. The molecule has 2 saturated heterocycles. The smallest absolute Gasteiger partial charge is 0.545 e. The molecule has 0 aromatic heterocycles. The van der Waals surface area contributed by atoms with Gasteiger partial charge in [-0.05, 0) is 30.5 Å². The summed E-state index contributed by atoms with van der Waals surface area (Å²) in [5.74, 6) is -0.385. The Morgan fingerprint density at radius 3 is 2.62 bits per heavy atom. The molecule has 3 rings (SSSR count). The summed E-state index contributed by atoms with van der Waals surface area (Å²) in [5, 5.41) is 19.7. The van der Waals surface area contributed by atoms with Gasteiger partial charge in [0.25, 0.3) is 0 Å². The molecule has 2 aliphatic rings. The minimum absolute atomic E-state index is 0. The number of unbranched alkanes of at least 4 members (excludes halogenated alkanes) is 1. The SMILES string of the molecule is O=C(CCCCC1SC[C@@H]2NC(=O)N[C@H]12)Nc1ccc(C(=O)[O-])cc1.[Na+]. The predicted molar refractivity (Wildman–Crippen MR) is 93.4 cm³/mol. The van der Waals surface area contributed by atoms with Crippen LogP contribution in [0.1, 0.15) is 36.0 Å². The number of carboxylic acids is 1. The molecule has 2 fully saturated rings. The average Bonchev–Trinajstić information content (AvgIpc) is 3.11. The van der Waals surface area contributed by atoms with Crippen molar-refractivity contribution in [1.82, 2.24) is 10.6 Å². The van der Waals surface area contributed by atoms with E-state index >= 15 is 0 Å². The van der Waals surface area contributed by atoms with Crippen molar-refractivity contribution in [1.29, 1.82) is 0 Å². The monoisotopic (exact) mass is 385 g/mol. The molecule has 0 aliphatic carbocycles. The summed E-state index contributed by atoms with van der Waals surface area (Å²) < 4.78 is 0. The largest absolute Gasteiger partial charge is 1.00 e. The number of carbonyl (C=O) groups excluding carboxylic acids is 3. The fourth-order valence-electron chi connectivity index (χ4n) is 3.19. The zero-order valence-electron chi connectivity index (χ0n) is 14.6. The zero-order chi connectivity index (χ0) is 17.8. The second kappa shape index (κ2) is 9.64. The number of carbonyl (C=O) groups is 3. The van der Waals surface area contributed by atoms with Gasteiger partial charge in [-0.15, -0.1) is 0 Å². The van der Waals surface area contributed by atoms with Gasteiger partial charge < -0.3 is 25.9 Å². The van der Waals surface area contributed by atoms with Crippen molar-refractivity contribution in [2.24, 2.45) is 0 Å². The molecule has 9 heteroatoms. The Labute approximate surface area is 178 Å². The minimum Gasteiger partial charge on any atom is -0.545 e. The van der Waals surface area contributed by atoms with Crippen LogP contribution < -0.4 is 50.6 Å². The molecule has 0 bridgehead atoms. The van der Waals surface area contributed by atoms with Gasteiger partial charge in [0.05, 0.1) is 18.1 Å². The van der Waals surface area contributed by atoms with E-state index in [1.165, 1.54) is 12.1 Å². The van der Waals surface area contributed by atoms with Gasteiger partial charge >= 0.3 is 35.6 Å². The number of hydrogen-bond acceptors (Lipinski definition) is 5. The van der Waals surface area contributed by atoms with Crippen LogP contribution in [0.5, 0.6) is 0 Å². The van der Waals surface area contributed by atoms with Gasteiger partial charge in [-0.2, -0.15) is 11.8 Å². The molecule has 3 amide bonds. The van der Waals surface area contributed by atoms with Gasteiger partial charge in [-0.1, -0.05) is 18.6 Å². The molecule has 1 unspecified atom stereocenters. The Hall–Kier alpha value is -1.22. The summed E-state index contributed by atoms with van der Waals surface area (Å²) >= 11 is 1.87. The number of nitrogens with one attached hydrogen (secondary N) is 3. The summed E-state index contributed by atoms with van der Waals surface area (Å²) in [4.78, 5) is 34.0. The van der Waals surface area contributed by atoms with E-state index in [0.717, 1.165) is 25.0 Å². The van der Waals surface area contributed by atoms with Crippen molar-refractivity contribution in [2.45, 2.75) is 43.0 Å². The molecule has 3 N–H and O–H groups in total. The summed E-state index contributed by atoms with van der Waals surface area (Å²) in [6.45, 7) is 0. The molecule has 26 heavy (non-hydrogen) atoms. The first-order valence-electron chi connectivity index (χ1n) is 8.33. The van der Waals surface area contributed by atoms with Crippen LogP contribution in [0.15, 0.2) is 24.3 Å². The van der Waals surface area contributed by atoms with Crippen molar-refractivity contribution in [3.05, 3.63) is 29.8 Å². The molecule has 1 aromatic carbocycles. The van der Waals surface area contributed by atoms with Crippen LogP contribution in [-0.2, 0) is 4.79 Å². The zero-order valence-corrected chi connectivity index (χ0v) is 17.4. The van der Waals surface area contributed by atoms with Crippen LogP contribution in [0.4, 0.5) is 10.5 Å². The molecule has 1 aromatic rings. The maximum absolute atomic E-state index is 11.9. The van der Waals surface area contributed by atoms with E-state index < -0.39 is 5.97 Å². The summed E-state index contributed by atoms with van der Waals surface area (Å²) in [6.07, 6.45) is 3.09. The van der Waals surface area contributed by atoms with Gasteiger partial charge in [-0.3, -0.25) is 4.79 Å². The molecule has 7 nitrogen and oxygen atoms in total. The van der Waals surface area contributed by atoms with Crippen molar-refractivity contribution in [3.63, 3.8) is 0 Å². The van der Waals surface area contributed by atoms with Crippen molar-refractivity contribution in [2.75, 3.05) is 11.1 Å². The molecular formula is C17H20N3NaO4S. The van der Waals surface area contributed by atoms with Crippen molar-refractivity contribution < 1.29 is 49.0 Å². The Kier molecular flexibility index (Phi) is 7.82. The summed E-state index contributed by atoms with van der Waals surface area (Å²) in [7, 11) is 0. The number of amides is 3. The van der Waals surface area contributed by atoms with Gasteiger partial charge in [0.2, 0.25) is 5.91 Å². The number of fused-ring (bicyclic) bond motifs is 1. The molecule has 0 saturated carbocycles. The molecular weight excluding hydrogens is 365 g/mol. The number of carboxylic acid groups (broad SMARTS) is 1. The van der Waals surface area contributed by atoms with Crippen molar-refractivity contribution >= 4 is 35.4 Å². The van der Waals surface area contributed by atoms with E-state index in [1.807, 2.05) is 11.8 Å². The third-order valence-corrected chi connectivity index (χ3v) is 5.99. The molecule has 0 spiro atoms. The second-order valence-corrected chi connectivity index (χ2v) is 7.55. The average molecular weight is 385 g/mol. The van der Waals surface area contributed by atoms with Crippen LogP contribution in [0, 0.1) is 0 Å². The quantitative estimate of drug-likeness (QED) is 0.278. The molecule has 2 aliphatic heterocycles. The van der Waals surface area contributed by atoms with Crippen molar-refractivity contribution in [3.8, 4) is 0 Å². The Balaban J connectivity index is 0.00000243. The third-order valence-electron chi connectivity index (χ3n) is 4.48. The first kappa shape index (κ1) is 21.1. The number of urea groups is 1. The van der Waals surface area contributed by atoms with E-state index in [0.29, 0.717) is 17.4 Å². The molecule has 2 heterocycles. The van der Waals surface area contributed by atoms with Gasteiger partial charge in [-0.25, -0.2) is 4.79 Å². The normalized spacial score (nSPS) is 23.4. The summed E-state index contributed by atoms with van der Waals surface area (Å²) in [5.41, 5.74) is 0.655. The fourth-order valence-corrected chi connectivity index (χ4v) is 4.73. The molecule has 134 valence electrons. The molecule has 0 radical (unpaired) electrons. The van der Waals surface area contributed by atoms with Gasteiger partial charge in [0, 0.05) is 23.1 Å². The Morgan fingerprint density at radius 1 is 1.19 bits per heavy atom. The Bertz CT molecular complexity index is 670. The molecule has 3 atom stereocenters. The summed E-state index contributed by atoms with van der Waals surface area (Å²) in [6, 6.07) is 6.26. The maximum atomic E-state index is 11.9. The topological polar surface area (TPSA) is 110 Å². The first-order chi connectivity index (χ1) is 12.0. The number of thioether (sulfide) groups is 1. The number of rotatable bonds is 7. The third kappa shape index (κ3) is 5.39. The second-order valence-electron chi connectivity index (χ2n) is 6.28. The van der Waals surface area contributed by atoms with Crippen LogP contribution in [-0.4, -0.2) is 41.0 Å². The Morgan fingerprint density at radius 2 is 1.92 bits per heavy atom. The van der Waals surface area contributed by atoms with Gasteiger partial charge in [0.15, 0.2) is 0 Å². The number of benzene rings is 1. The number of anilines is 1. The maximum Gasteiger partial charge on any atom is 1.00 e. The fraction of sp³-hybridized carbons (Fsp3) is 0.471. The van der Waals surface area contributed by atoms with E-state index in [-0.39, 0.29) is 59.1 Å². The van der Waals surface area contributed by atoms with Crippen LogP contribution in [0.3, 0.4) is 0 Å². The van der Waals surface area contributed by atoms with Crippen LogP contribution in [0.25, 0.3) is 0 Å². The number of aromatic carboxylic acids is 1. The first-order valence-corrected chi connectivity index (χ1v) is 9.38. The van der Waals surface area contributed by atoms with E-state index in [2.05, 4.69) is 16.0 Å². The standard InChI is InChI=1S/C17H21N3O4S.Na/c21-14(18-11-7-5-10(6-8-11)16(22)23)4-2-1-3-13-15-12(9-25-13)19-17(24)20-15;/h5-8,12-13,15H,1-4,9H2,(H,18,21)(H,22,23)(H2,19,20,24);/q;+1/p-1/t12-,13?,15-;/m0./s1. The van der Waals surface area contributed by atoms with E-state index in [4.69, 9.17) is 0 Å². The van der Waals surface area contributed by atoms with Gasteiger partial charge in [0.1, 0.15) is 0 Å².